The van der Waals surface area contributed by atoms with E-state index in [-0.39, 0.29) is 18.0 Å². The Hall–Kier alpha value is -3.60. The van der Waals surface area contributed by atoms with Crippen LogP contribution < -0.4 is 10.6 Å². The molecule has 0 fully saturated rings. The summed E-state index contributed by atoms with van der Waals surface area (Å²) < 4.78 is 0. The number of hydrogen-bond donors (Lipinski definition) is 2. The van der Waals surface area contributed by atoms with Gasteiger partial charge >= 0.3 is 0 Å². The van der Waals surface area contributed by atoms with Gasteiger partial charge in [0.2, 0.25) is 0 Å². The molecular formula is C26H27N3O2. The molecule has 0 aromatic heterocycles. The topological polar surface area (TPSA) is 61.4 Å². The van der Waals surface area contributed by atoms with E-state index in [1.807, 2.05) is 71.6 Å². The van der Waals surface area contributed by atoms with Crippen molar-refractivity contribution < 1.29 is 9.59 Å². The van der Waals surface area contributed by atoms with Crippen LogP contribution >= 0.6 is 0 Å². The van der Waals surface area contributed by atoms with Gasteiger partial charge < -0.3 is 15.5 Å². The van der Waals surface area contributed by atoms with Gasteiger partial charge in [-0.15, -0.1) is 0 Å². The monoisotopic (exact) mass is 413 g/mol. The standard InChI is InChI=1S/C26H27N3O2/c1-18(2)17-29-24(22-10-6-7-11-23(22)26(29)31)28-21-14-12-20(13-15-21)25(30)27-16-19-8-4-3-5-9-19/h3-15,18,24,28H,16-17H2,1-2H3,(H,27,30). The number of carbonyl (C=O) groups excluding carboxylic acids is 2. The first-order chi connectivity index (χ1) is 15.0. The van der Waals surface area contributed by atoms with Crippen molar-refractivity contribution in [2.45, 2.75) is 26.6 Å². The fourth-order valence-corrected chi connectivity index (χ4v) is 3.86. The number of hydrogen-bond acceptors (Lipinski definition) is 3. The molecule has 1 heterocycles. The molecule has 5 heteroatoms. The number of nitrogens with one attached hydrogen (secondary N) is 2. The Bertz CT molecular complexity index is 1060. The van der Waals surface area contributed by atoms with Gasteiger partial charge in [0.25, 0.3) is 11.8 Å². The van der Waals surface area contributed by atoms with Crippen LogP contribution in [-0.4, -0.2) is 23.3 Å². The van der Waals surface area contributed by atoms with Crippen molar-refractivity contribution in [3.63, 3.8) is 0 Å². The lowest BCUT2D eigenvalue weighted by Gasteiger charge is -2.28. The summed E-state index contributed by atoms with van der Waals surface area (Å²) in [6.07, 6.45) is -0.219. The maximum absolute atomic E-state index is 12.9. The molecule has 3 aromatic carbocycles. The van der Waals surface area contributed by atoms with E-state index in [4.69, 9.17) is 0 Å². The average molecular weight is 414 g/mol. The molecule has 1 aliphatic rings. The maximum Gasteiger partial charge on any atom is 0.256 e. The number of amides is 2. The molecule has 0 bridgehead atoms. The molecule has 1 unspecified atom stereocenters. The molecule has 2 N–H and O–H groups in total. The summed E-state index contributed by atoms with van der Waals surface area (Å²) in [6, 6.07) is 24.9. The second-order valence-corrected chi connectivity index (χ2v) is 8.23. The van der Waals surface area contributed by atoms with Crippen LogP contribution in [0.1, 0.15) is 51.9 Å². The predicted octanol–water partition coefficient (Wildman–Crippen LogP) is 4.84. The van der Waals surface area contributed by atoms with Crippen LogP contribution in [0.4, 0.5) is 5.69 Å². The third kappa shape index (κ3) is 4.61. The Balaban J connectivity index is 1.46. The molecule has 3 aromatic rings. The summed E-state index contributed by atoms with van der Waals surface area (Å²) in [5.74, 6) is 0.301. The number of rotatable bonds is 7. The molecule has 31 heavy (non-hydrogen) atoms. The molecular weight excluding hydrogens is 386 g/mol. The minimum atomic E-state index is -0.219. The van der Waals surface area contributed by atoms with E-state index in [1.54, 1.807) is 12.1 Å². The van der Waals surface area contributed by atoms with Crippen LogP contribution in [0, 0.1) is 5.92 Å². The Labute approximate surface area is 183 Å². The van der Waals surface area contributed by atoms with Crippen molar-refractivity contribution in [3.8, 4) is 0 Å². The summed E-state index contributed by atoms with van der Waals surface area (Å²) in [5.41, 5.74) is 4.26. The quantitative estimate of drug-likeness (QED) is 0.583. The normalized spacial score (nSPS) is 15.1. The van der Waals surface area contributed by atoms with Gasteiger partial charge in [0.15, 0.2) is 0 Å². The smallest absolute Gasteiger partial charge is 0.256 e. The molecule has 2 amide bonds. The van der Waals surface area contributed by atoms with E-state index in [0.29, 0.717) is 24.6 Å². The highest BCUT2D eigenvalue weighted by Gasteiger charge is 2.36. The van der Waals surface area contributed by atoms with Gasteiger partial charge in [-0.2, -0.15) is 0 Å². The fraction of sp³-hybridized carbons (Fsp3) is 0.231. The van der Waals surface area contributed by atoms with Crippen molar-refractivity contribution in [3.05, 3.63) is 101 Å². The maximum atomic E-state index is 12.9. The fourth-order valence-electron chi connectivity index (χ4n) is 3.86. The van der Waals surface area contributed by atoms with E-state index in [0.717, 1.165) is 22.4 Å². The third-order valence-electron chi connectivity index (χ3n) is 5.37. The van der Waals surface area contributed by atoms with Crippen molar-refractivity contribution in [1.82, 2.24) is 10.2 Å². The zero-order valence-electron chi connectivity index (χ0n) is 17.8. The zero-order chi connectivity index (χ0) is 21.8. The van der Waals surface area contributed by atoms with Gasteiger partial charge in [0, 0.05) is 35.5 Å². The minimum absolute atomic E-state index is 0.0544. The Morgan fingerprint density at radius 1 is 0.935 bits per heavy atom. The van der Waals surface area contributed by atoms with Crippen molar-refractivity contribution in [1.29, 1.82) is 0 Å². The van der Waals surface area contributed by atoms with Gasteiger partial charge in [0.1, 0.15) is 6.17 Å². The van der Waals surface area contributed by atoms with Gasteiger partial charge in [0.05, 0.1) is 0 Å². The summed E-state index contributed by atoms with van der Waals surface area (Å²) in [4.78, 5) is 27.3. The van der Waals surface area contributed by atoms with Gasteiger partial charge in [-0.3, -0.25) is 9.59 Å². The number of nitrogens with zero attached hydrogens (tertiary/aromatic N) is 1. The van der Waals surface area contributed by atoms with Crippen LogP contribution in [0.3, 0.4) is 0 Å². The van der Waals surface area contributed by atoms with Crippen molar-refractivity contribution in [2.24, 2.45) is 5.92 Å². The van der Waals surface area contributed by atoms with E-state index >= 15 is 0 Å². The van der Waals surface area contributed by atoms with E-state index in [2.05, 4.69) is 24.5 Å². The van der Waals surface area contributed by atoms with Gasteiger partial charge in [-0.05, 0) is 41.8 Å². The van der Waals surface area contributed by atoms with Crippen LogP contribution in [0.25, 0.3) is 0 Å². The lowest BCUT2D eigenvalue weighted by molar-refractivity contribution is 0.0720. The van der Waals surface area contributed by atoms with E-state index in [9.17, 15) is 9.59 Å². The van der Waals surface area contributed by atoms with E-state index < -0.39 is 0 Å². The first-order valence-corrected chi connectivity index (χ1v) is 10.6. The highest BCUT2D eigenvalue weighted by molar-refractivity contribution is 5.99. The number of carbonyl (C=O) groups is 2. The van der Waals surface area contributed by atoms with Gasteiger partial charge in [-0.25, -0.2) is 0 Å². The van der Waals surface area contributed by atoms with Crippen LogP contribution in [0.5, 0.6) is 0 Å². The first kappa shape index (κ1) is 20.7. The summed E-state index contributed by atoms with van der Waals surface area (Å²) in [7, 11) is 0. The largest absolute Gasteiger partial charge is 0.361 e. The highest BCUT2D eigenvalue weighted by Crippen LogP contribution is 2.34. The lowest BCUT2D eigenvalue weighted by Crippen LogP contribution is -2.35. The van der Waals surface area contributed by atoms with Crippen LogP contribution in [0.15, 0.2) is 78.9 Å². The number of fused-ring (bicyclic) bond motifs is 1. The second-order valence-electron chi connectivity index (χ2n) is 8.23. The van der Waals surface area contributed by atoms with Crippen molar-refractivity contribution >= 4 is 17.5 Å². The molecule has 0 aliphatic carbocycles. The van der Waals surface area contributed by atoms with Crippen molar-refractivity contribution in [2.75, 3.05) is 11.9 Å². The Morgan fingerprint density at radius 3 is 2.32 bits per heavy atom. The Kier molecular flexibility index (Phi) is 6.03. The first-order valence-electron chi connectivity index (χ1n) is 10.6. The molecule has 1 aliphatic heterocycles. The third-order valence-corrected chi connectivity index (χ3v) is 5.37. The molecule has 0 saturated carbocycles. The predicted molar refractivity (Wildman–Crippen MR) is 123 cm³/mol. The van der Waals surface area contributed by atoms with Crippen LogP contribution in [0.2, 0.25) is 0 Å². The molecule has 0 spiro atoms. The molecule has 0 radical (unpaired) electrons. The summed E-state index contributed by atoms with van der Waals surface area (Å²) >= 11 is 0. The van der Waals surface area contributed by atoms with Crippen LogP contribution in [-0.2, 0) is 6.54 Å². The highest BCUT2D eigenvalue weighted by atomic mass is 16.2. The molecule has 0 saturated heterocycles. The zero-order valence-corrected chi connectivity index (χ0v) is 17.8. The molecule has 5 nitrogen and oxygen atoms in total. The SMILES string of the molecule is CC(C)CN1C(=O)c2ccccc2C1Nc1ccc(C(=O)NCc2ccccc2)cc1. The molecule has 158 valence electrons. The summed E-state index contributed by atoms with van der Waals surface area (Å²) in [6.45, 7) is 5.38. The Morgan fingerprint density at radius 2 is 1.61 bits per heavy atom. The average Bonchev–Trinajstić information content (AvgIpc) is 3.04. The number of anilines is 1. The van der Waals surface area contributed by atoms with Gasteiger partial charge in [-0.1, -0.05) is 62.4 Å². The minimum Gasteiger partial charge on any atom is -0.361 e. The number of benzene rings is 3. The molecule has 4 rings (SSSR count). The summed E-state index contributed by atoms with van der Waals surface area (Å²) in [5, 5.41) is 6.42. The second kappa shape index (κ2) is 9.04. The lowest BCUT2D eigenvalue weighted by atomic mass is 10.1. The molecule has 1 atom stereocenters. The van der Waals surface area contributed by atoms with E-state index in [1.165, 1.54) is 0 Å².